The first kappa shape index (κ1) is 16.4. The Labute approximate surface area is 146 Å². The van der Waals surface area contributed by atoms with Crippen molar-refractivity contribution in [3.63, 3.8) is 0 Å². The van der Waals surface area contributed by atoms with E-state index in [1.807, 2.05) is 24.3 Å². The molecule has 0 saturated carbocycles. The number of hydrogen-bond acceptors (Lipinski definition) is 2. The normalized spacial score (nSPS) is 10.2. The minimum atomic E-state index is -0.209. The molecule has 2 aromatic rings. The Bertz CT molecular complexity index is 632. The molecule has 0 spiro atoms. The van der Waals surface area contributed by atoms with Crippen molar-refractivity contribution in [1.82, 2.24) is 5.32 Å². The van der Waals surface area contributed by atoms with Crippen molar-refractivity contribution in [2.75, 3.05) is 6.61 Å². The van der Waals surface area contributed by atoms with Crippen LogP contribution in [0.5, 0.6) is 5.75 Å². The van der Waals surface area contributed by atoms with E-state index < -0.39 is 0 Å². The molecule has 1 N–H and O–H groups in total. The zero-order valence-electron chi connectivity index (χ0n) is 10.9. The third-order valence-corrected chi connectivity index (χ3v) is 3.98. The van der Waals surface area contributed by atoms with Gasteiger partial charge >= 0.3 is 0 Å². The summed E-state index contributed by atoms with van der Waals surface area (Å²) in [4.78, 5) is 11.7. The van der Waals surface area contributed by atoms with Gasteiger partial charge in [0, 0.05) is 20.2 Å². The summed E-state index contributed by atoms with van der Waals surface area (Å²) in [5.74, 6) is 0.453. The van der Waals surface area contributed by atoms with Gasteiger partial charge in [-0.1, -0.05) is 29.3 Å². The fourth-order valence-corrected chi connectivity index (χ4v) is 2.42. The summed E-state index contributed by atoms with van der Waals surface area (Å²) < 4.78 is 6.50. The van der Waals surface area contributed by atoms with E-state index in [2.05, 4.69) is 27.9 Å². The van der Waals surface area contributed by atoms with Gasteiger partial charge in [0.05, 0.1) is 0 Å². The largest absolute Gasteiger partial charge is 0.484 e. The molecule has 21 heavy (non-hydrogen) atoms. The highest BCUT2D eigenvalue weighted by molar-refractivity contribution is 14.1. The Hall–Kier alpha value is -0.980. The molecule has 0 unspecified atom stereocenters. The van der Waals surface area contributed by atoms with Crippen molar-refractivity contribution in [2.24, 2.45) is 0 Å². The highest BCUT2D eigenvalue weighted by Gasteiger charge is 2.05. The van der Waals surface area contributed by atoms with Crippen LogP contribution in [-0.2, 0) is 11.3 Å². The molecule has 0 saturated heterocycles. The summed E-state index contributed by atoms with van der Waals surface area (Å²) in [6.45, 7) is 0.302. The summed E-state index contributed by atoms with van der Waals surface area (Å²) >= 11 is 14.1. The standard InChI is InChI=1S/C15H12Cl2INO2/c16-11-2-1-10(14(17)7-11)8-19-15(20)9-21-13-5-3-12(18)4-6-13/h1-7H,8-9H2,(H,19,20). The van der Waals surface area contributed by atoms with E-state index in [0.29, 0.717) is 22.3 Å². The minimum absolute atomic E-state index is 0.0359. The van der Waals surface area contributed by atoms with Gasteiger partial charge in [0.15, 0.2) is 6.61 Å². The number of benzene rings is 2. The Morgan fingerprint density at radius 3 is 2.52 bits per heavy atom. The molecule has 0 heterocycles. The molecule has 2 rings (SSSR count). The average Bonchev–Trinajstić information content (AvgIpc) is 2.46. The monoisotopic (exact) mass is 435 g/mol. The molecule has 0 aliphatic carbocycles. The predicted octanol–water partition coefficient (Wildman–Crippen LogP) is 4.29. The Balaban J connectivity index is 1.80. The molecule has 0 aliphatic rings. The molecule has 6 heteroatoms. The number of carbonyl (C=O) groups is 1. The van der Waals surface area contributed by atoms with E-state index in [0.717, 1.165) is 9.13 Å². The number of amides is 1. The summed E-state index contributed by atoms with van der Waals surface area (Å²) in [6, 6.07) is 12.6. The van der Waals surface area contributed by atoms with Gasteiger partial charge in [-0.2, -0.15) is 0 Å². The maximum Gasteiger partial charge on any atom is 0.258 e. The molecule has 0 fully saturated rings. The molecule has 0 aromatic heterocycles. The maximum atomic E-state index is 11.7. The van der Waals surface area contributed by atoms with E-state index >= 15 is 0 Å². The lowest BCUT2D eigenvalue weighted by Crippen LogP contribution is -2.28. The summed E-state index contributed by atoms with van der Waals surface area (Å²) in [5.41, 5.74) is 0.809. The topological polar surface area (TPSA) is 38.3 Å². The molecule has 0 radical (unpaired) electrons. The smallest absolute Gasteiger partial charge is 0.258 e. The third kappa shape index (κ3) is 5.37. The summed E-state index contributed by atoms with van der Waals surface area (Å²) in [6.07, 6.45) is 0. The molecular weight excluding hydrogens is 424 g/mol. The third-order valence-electron chi connectivity index (χ3n) is 2.67. The van der Waals surface area contributed by atoms with Crippen molar-refractivity contribution >= 4 is 51.7 Å². The number of carbonyl (C=O) groups excluding carboxylic acids is 1. The molecule has 110 valence electrons. The second-order valence-corrected chi connectivity index (χ2v) is 6.34. The van der Waals surface area contributed by atoms with Gasteiger partial charge in [-0.3, -0.25) is 4.79 Å². The highest BCUT2D eigenvalue weighted by Crippen LogP contribution is 2.20. The van der Waals surface area contributed by atoms with Crippen LogP contribution in [-0.4, -0.2) is 12.5 Å². The first-order valence-electron chi connectivity index (χ1n) is 6.13. The van der Waals surface area contributed by atoms with Gasteiger partial charge < -0.3 is 10.1 Å². The van der Waals surface area contributed by atoms with Crippen LogP contribution in [0.1, 0.15) is 5.56 Å². The molecule has 2 aromatic carbocycles. The van der Waals surface area contributed by atoms with E-state index in [-0.39, 0.29) is 12.5 Å². The summed E-state index contributed by atoms with van der Waals surface area (Å²) in [7, 11) is 0. The molecular formula is C15H12Cl2INO2. The van der Waals surface area contributed by atoms with Crippen LogP contribution in [0, 0.1) is 3.57 Å². The van der Waals surface area contributed by atoms with Crippen LogP contribution in [0.15, 0.2) is 42.5 Å². The van der Waals surface area contributed by atoms with Crippen LogP contribution >= 0.6 is 45.8 Å². The summed E-state index contributed by atoms with van der Waals surface area (Å²) in [5, 5.41) is 3.84. The van der Waals surface area contributed by atoms with Gasteiger partial charge in [0.2, 0.25) is 0 Å². The average molecular weight is 436 g/mol. The van der Waals surface area contributed by atoms with Gasteiger partial charge in [-0.15, -0.1) is 0 Å². The second kappa shape index (κ2) is 7.87. The first-order chi connectivity index (χ1) is 10.0. The quantitative estimate of drug-likeness (QED) is 0.711. The number of ether oxygens (including phenoxy) is 1. The van der Waals surface area contributed by atoms with Crippen LogP contribution in [0.4, 0.5) is 0 Å². The number of rotatable bonds is 5. The molecule has 0 atom stereocenters. The minimum Gasteiger partial charge on any atom is -0.484 e. The Kier molecular flexibility index (Phi) is 6.14. The van der Waals surface area contributed by atoms with E-state index in [9.17, 15) is 4.79 Å². The first-order valence-corrected chi connectivity index (χ1v) is 7.97. The SMILES string of the molecule is O=C(COc1ccc(I)cc1)NCc1ccc(Cl)cc1Cl. The molecule has 0 aliphatic heterocycles. The lowest BCUT2D eigenvalue weighted by molar-refractivity contribution is -0.123. The lowest BCUT2D eigenvalue weighted by atomic mass is 10.2. The van der Waals surface area contributed by atoms with Gasteiger partial charge in [0.25, 0.3) is 5.91 Å². The van der Waals surface area contributed by atoms with Crippen molar-refractivity contribution in [3.05, 3.63) is 61.6 Å². The fraction of sp³-hybridized carbons (Fsp3) is 0.133. The van der Waals surface area contributed by atoms with Crippen LogP contribution in [0.3, 0.4) is 0 Å². The van der Waals surface area contributed by atoms with Crippen molar-refractivity contribution in [2.45, 2.75) is 6.54 Å². The lowest BCUT2D eigenvalue weighted by Gasteiger charge is -2.09. The Morgan fingerprint density at radius 1 is 1.14 bits per heavy atom. The van der Waals surface area contributed by atoms with Gasteiger partial charge in [-0.25, -0.2) is 0 Å². The Morgan fingerprint density at radius 2 is 1.86 bits per heavy atom. The van der Waals surface area contributed by atoms with Crippen molar-refractivity contribution in [3.8, 4) is 5.75 Å². The van der Waals surface area contributed by atoms with Crippen LogP contribution in [0.25, 0.3) is 0 Å². The van der Waals surface area contributed by atoms with Gasteiger partial charge in [-0.05, 0) is 64.6 Å². The van der Waals surface area contributed by atoms with Crippen LogP contribution in [0.2, 0.25) is 10.0 Å². The van der Waals surface area contributed by atoms with E-state index in [1.165, 1.54) is 0 Å². The predicted molar refractivity (Wildman–Crippen MR) is 93.0 cm³/mol. The van der Waals surface area contributed by atoms with Crippen molar-refractivity contribution in [1.29, 1.82) is 0 Å². The number of nitrogens with one attached hydrogen (secondary N) is 1. The fourth-order valence-electron chi connectivity index (χ4n) is 1.59. The second-order valence-electron chi connectivity index (χ2n) is 4.26. The zero-order chi connectivity index (χ0) is 15.2. The number of halogens is 3. The van der Waals surface area contributed by atoms with E-state index in [1.54, 1.807) is 18.2 Å². The zero-order valence-corrected chi connectivity index (χ0v) is 14.6. The highest BCUT2D eigenvalue weighted by atomic mass is 127. The van der Waals surface area contributed by atoms with Crippen LogP contribution < -0.4 is 10.1 Å². The number of hydrogen-bond donors (Lipinski definition) is 1. The van der Waals surface area contributed by atoms with Crippen molar-refractivity contribution < 1.29 is 9.53 Å². The molecule has 1 amide bonds. The molecule has 0 bridgehead atoms. The molecule has 3 nitrogen and oxygen atoms in total. The maximum absolute atomic E-state index is 11.7. The van der Waals surface area contributed by atoms with Gasteiger partial charge in [0.1, 0.15) is 5.75 Å². The van der Waals surface area contributed by atoms with E-state index in [4.69, 9.17) is 27.9 Å².